The summed E-state index contributed by atoms with van der Waals surface area (Å²) in [5, 5.41) is 4.54. The first kappa shape index (κ1) is 15.7. The molecule has 1 amide bonds. The maximum atomic E-state index is 12.0. The number of thiazole rings is 1. The fraction of sp³-hybridized carbons (Fsp3) is 0.375. The van der Waals surface area contributed by atoms with Gasteiger partial charge in [-0.25, -0.2) is 4.98 Å². The lowest BCUT2D eigenvalue weighted by atomic mass is 10.1. The Labute approximate surface area is 129 Å². The van der Waals surface area contributed by atoms with Gasteiger partial charge in [-0.05, 0) is 31.5 Å². The third kappa shape index (κ3) is 4.12. The molecular weight excluding hydrogens is 282 g/mol. The minimum Gasteiger partial charge on any atom is -0.345 e. The monoisotopic (exact) mass is 303 g/mol. The zero-order valence-corrected chi connectivity index (χ0v) is 13.7. The lowest BCUT2D eigenvalue weighted by Crippen LogP contribution is -2.22. The minimum absolute atomic E-state index is 0.0282. The Morgan fingerprint density at radius 1 is 1.43 bits per heavy atom. The van der Waals surface area contributed by atoms with Crippen molar-refractivity contribution in [2.75, 3.05) is 14.1 Å². The summed E-state index contributed by atoms with van der Waals surface area (Å²) in [7, 11) is 3.53. The van der Waals surface area contributed by atoms with Gasteiger partial charge in [0.2, 0.25) is 0 Å². The molecule has 112 valence electrons. The van der Waals surface area contributed by atoms with Crippen LogP contribution in [0.2, 0.25) is 0 Å². The van der Waals surface area contributed by atoms with Gasteiger partial charge in [0.25, 0.3) is 5.91 Å². The van der Waals surface area contributed by atoms with Crippen LogP contribution in [0.3, 0.4) is 0 Å². The highest BCUT2D eigenvalue weighted by atomic mass is 32.1. The molecule has 0 aliphatic heterocycles. The van der Waals surface area contributed by atoms with Gasteiger partial charge < -0.3 is 10.2 Å². The second kappa shape index (κ2) is 6.83. The van der Waals surface area contributed by atoms with Gasteiger partial charge in [-0.3, -0.25) is 4.79 Å². The van der Waals surface area contributed by atoms with Crippen LogP contribution in [0.25, 0.3) is 0 Å². The molecule has 1 aromatic heterocycles. The van der Waals surface area contributed by atoms with E-state index in [1.165, 1.54) is 4.88 Å². The van der Waals surface area contributed by atoms with Gasteiger partial charge in [-0.1, -0.05) is 12.1 Å². The van der Waals surface area contributed by atoms with Gasteiger partial charge in [0.05, 0.1) is 6.04 Å². The van der Waals surface area contributed by atoms with Crippen molar-refractivity contribution in [1.29, 1.82) is 0 Å². The molecule has 2 rings (SSSR count). The topological polar surface area (TPSA) is 45.2 Å². The Kier molecular flexibility index (Phi) is 5.09. The van der Waals surface area contributed by atoms with Crippen molar-refractivity contribution < 1.29 is 4.79 Å². The zero-order chi connectivity index (χ0) is 15.4. The normalized spacial score (nSPS) is 12.2. The average Bonchev–Trinajstić information content (AvgIpc) is 2.91. The first-order chi connectivity index (χ1) is 9.97. The molecule has 1 heterocycles. The highest BCUT2D eigenvalue weighted by Crippen LogP contribution is 2.19. The molecule has 0 unspecified atom stereocenters. The number of nitrogens with zero attached hydrogens (tertiary/aromatic N) is 2. The van der Waals surface area contributed by atoms with Gasteiger partial charge in [0, 0.05) is 37.3 Å². The number of nitrogens with one attached hydrogen (secondary N) is 1. The van der Waals surface area contributed by atoms with E-state index in [1.54, 1.807) is 30.3 Å². The molecule has 2 aromatic rings. The molecule has 0 radical (unpaired) electrons. The van der Waals surface area contributed by atoms with Crippen molar-refractivity contribution in [3.63, 3.8) is 0 Å². The molecule has 5 heteroatoms. The van der Waals surface area contributed by atoms with Crippen molar-refractivity contribution in [2.24, 2.45) is 0 Å². The number of amides is 1. The predicted octanol–water partition coefficient (Wildman–Crippen LogP) is 3.00. The zero-order valence-electron chi connectivity index (χ0n) is 12.9. The number of rotatable bonds is 5. The summed E-state index contributed by atoms with van der Waals surface area (Å²) in [6.45, 7) is 4.88. The number of carbonyl (C=O) groups is 1. The van der Waals surface area contributed by atoms with E-state index in [9.17, 15) is 4.79 Å². The molecule has 0 fully saturated rings. The lowest BCUT2D eigenvalue weighted by Gasteiger charge is -2.13. The fourth-order valence-electron chi connectivity index (χ4n) is 2.00. The van der Waals surface area contributed by atoms with E-state index in [4.69, 9.17) is 0 Å². The SMILES string of the molecule is Cc1cnc([C@@H](C)NCc2cccc(C(=O)N(C)C)c2)s1. The molecule has 21 heavy (non-hydrogen) atoms. The van der Waals surface area contributed by atoms with Gasteiger partial charge in [0.1, 0.15) is 5.01 Å². The summed E-state index contributed by atoms with van der Waals surface area (Å²) in [5.74, 6) is 0.0282. The van der Waals surface area contributed by atoms with Crippen LogP contribution in [0, 0.1) is 6.92 Å². The minimum atomic E-state index is 0.0282. The van der Waals surface area contributed by atoms with E-state index in [2.05, 4.69) is 24.1 Å². The molecular formula is C16H21N3OS. The number of hydrogen-bond donors (Lipinski definition) is 1. The van der Waals surface area contributed by atoms with Gasteiger partial charge in [0.15, 0.2) is 0 Å². The van der Waals surface area contributed by atoms with Crippen LogP contribution >= 0.6 is 11.3 Å². The maximum absolute atomic E-state index is 12.0. The Morgan fingerprint density at radius 3 is 2.81 bits per heavy atom. The van der Waals surface area contributed by atoms with Crippen molar-refractivity contribution >= 4 is 17.2 Å². The van der Waals surface area contributed by atoms with Gasteiger partial charge >= 0.3 is 0 Å². The van der Waals surface area contributed by atoms with Crippen LogP contribution in [-0.2, 0) is 6.54 Å². The van der Waals surface area contributed by atoms with Crippen LogP contribution in [-0.4, -0.2) is 29.9 Å². The van der Waals surface area contributed by atoms with E-state index in [1.807, 2.05) is 30.5 Å². The van der Waals surface area contributed by atoms with Crippen molar-refractivity contribution in [3.8, 4) is 0 Å². The van der Waals surface area contributed by atoms with Crippen LogP contribution < -0.4 is 5.32 Å². The van der Waals surface area contributed by atoms with E-state index in [0.29, 0.717) is 6.54 Å². The summed E-state index contributed by atoms with van der Waals surface area (Å²) in [6.07, 6.45) is 1.90. The lowest BCUT2D eigenvalue weighted by molar-refractivity contribution is 0.0827. The number of hydrogen-bond acceptors (Lipinski definition) is 4. The second-order valence-corrected chi connectivity index (χ2v) is 6.58. The number of aryl methyl sites for hydroxylation is 1. The molecule has 0 saturated heterocycles. The van der Waals surface area contributed by atoms with Crippen LogP contribution in [0.1, 0.15) is 38.8 Å². The molecule has 0 bridgehead atoms. The highest BCUT2D eigenvalue weighted by Gasteiger charge is 2.11. The third-order valence-electron chi connectivity index (χ3n) is 3.20. The van der Waals surface area contributed by atoms with Crippen LogP contribution in [0.15, 0.2) is 30.5 Å². The summed E-state index contributed by atoms with van der Waals surface area (Å²) in [4.78, 5) is 19.2. The van der Waals surface area contributed by atoms with Gasteiger partial charge in [-0.2, -0.15) is 0 Å². The first-order valence-corrected chi connectivity index (χ1v) is 7.75. The molecule has 0 saturated carbocycles. The predicted molar refractivity (Wildman–Crippen MR) is 86.6 cm³/mol. The number of benzene rings is 1. The largest absolute Gasteiger partial charge is 0.345 e. The van der Waals surface area contributed by atoms with Crippen molar-refractivity contribution in [3.05, 3.63) is 51.5 Å². The summed E-state index contributed by atoms with van der Waals surface area (Å²) >= 11 is 1.71. The van der Waals surface area contributed by atoms with Crippen molar-refractivity contribution in [2.45, 2.75) is 26.4 Å². The van der Waals surface area contributed by atoms with Crippen LogP contribution in [0.5, 0.6) is 0 Å². The highest BCUT2D eigenvalue weighted by molar-refractivity contribution is 7.11. The Bertz CT molecular complexity index is 621. The Balaban J connectivity index is 2.00. The molecule has 0 aliphatic rings. The van der Waals surface area contributed by atoms with E-state index in [0.717, 1.165) is 16.1 Å². The quantitative estimate of drug-likeness (QED) is 0.923. The molecule has 1 N–H and O–H groups in total. The van der Waals surface area contributed by atoms with E-state index >= 15 is 0 Å². The van der Waals surface area contributed by atoms with Gasteiger partial charge in [-0.15, -0.1) is 11.3 Å². The summed E-state index contributed by atoms with van der Waals surface area (Å²) in [5.41, 5.74) is 1.82. The summed E-state index contributed by atoms with van der Waals surface area (Å²) in [6, 6.07) is 7.94. The average molecular weight is 303 g/mol. The number of carbonyl (C=O) groups excluding carboxylic acids is 1. The fourth-order valence-corrected chi connectivity index (χ4v) is 2.80. The number of aromatic nitrogens is 1. The van der Waals surface area contributed by atoms with E-state index < -0.39 is 0 Å². The Morgan fingerprint density at radius 2 is 2.19 bits per heavy atom. The maximum Gasteiger partial charge on any atom is 0.253 e. The van der Waals surface area contributed by atoms with Crippen LogP contribution in [0.4, 0.5) is 0 Å². The Hall–Kier alpha value is -1.72. The smallest absolute Gasteiger partial charge is 0.253 e. The standard InChI is InChI=1S/C16H21N3OS/c1-11-9-18-15(21-11)12(2)17-10-13-6-5-7-14(8-13)16(20)19(3)4/h5-9,12,17H,10H2,1-4H3/t12-/m1/s1. The first-order valence-electron chi connectivity index (χ1n) is 6.93. The molecule has 1 atom stereocenters. The molecule has 4 nitrogen and oxygen atoms in total. The van der Waals surface area contributed by atoms with E-state index in [-0.39, 0.29) is 11.9 Å². The second-order valence-electron chi connectivity index (χ2n) is 5.31. The molecule has 0 spiro atoms. The molecule has 0 aliphatic carbocycles. The third-order valence-corrected chi connectivity index (χ3v) is 4.30. The van der Waals surface area contributed by atoms with Crippen molar-refractivity contribution in [1.82, 2.24) is 15.2 Å². The molecule has 1 aromatic carbocycles. The summed E-state index contributed by atoms with van der Waals surface area (Å²) < 4.78 is 0.